The predicted molar refractivity (Wildman–Crippen MR) is 97.1 cm³/mol. The van der Waals surface area contributed by atoms with Crippen molar-refractivity contribution in [1.29, 1.82) is 0 Å². The highest BCUT2D eigenvalue weighted by Crippen LogP contribution is 2.40. The first kappa shape index (κ1) is 17.6. The van der Waals surface area contributed by atoms with Gasteiger partial charge in [0.15, 0.2) is 0 Å². The molecule has 2 aromatic rings. The minimum absolute atomic E-state index is 0.0738. The van der Waals surface area contributed by atoms with Crippen LogP contribution in [0.15, 0.2) is 60.7 Å². The van der Waals surface area contributed by atoms with Crippen molar-refractivity contribution in [3.05, 3.63) is 71.8 Å². The second-order valence-electron chi connectivity index (χ2n) is 6.57. The van der Waals surface area contributed by atoms with Gasteiger partial charge in [-0.3, -0.25) is 4.79 Å². The molecule has 4 nitrogen and oxygen atoms in total. The van der Waals surface area contributed by atoms with Crippen LogP contribution in [0.1, 0.15) is 30.9 Å². The van der Waals surface area contributed by atoms with Crippen LogP contribution in [0.5, 0.6) is 0 Å². The van der Waals surface area contributed by atoms with E-state index in [1.807, 2.05) is 60.7 Å². The molecule has 0 saturated carbocycles. The molecule has 1 N–H and O–H groups in total. The largest absolute Gasteiger partial charge is 0.378 e. The van der Waals surface area contributed by atoms with Crippen LogP contribution in [0.2, 0.25) is 0 Å². The number of rotatable bonds is 5. The summed E-state index contributed by atoms with van der Waals surface area (Å²) in [6.45, 7) is 2.39. The van der Waals surface area contributed by atoms with Crippen LogP contribution in [-0.4, -0.2) is 41.7 Å². The summed E-state index contributed by atoms with van der Waals surface area (Å²) in [7, 11) is 1.54. The van der Waals surface area contributed by atoms with Crippen molar-refractivity contribution in [2.24, 2.45) is 0 Å². The Hall–Kier alpha value is -2.17. The van der Waals surface area contributed by atoms with Gasteiger partial charge in [0.25, 0.3) is 5.91 Å². The Bertz CT molecular complexity index is 662. The number of nitrogens with zero attached hydrogens (tertiary/aromatic N) is 1. The van der Waals surface area contributed by atoms with Crippen LogP contribution in [0, 0.1) is 0 Å². The molecule has 1 aliphatic heterocycles. The monoisotopic (exact) mass is 339 g/mol. The first-order chi connectivity index (χ1) is 12.1. The van der Waals surface area contributed by atoms with E-state index in [1.54, 1.807) is 11.8 Å². The van der Waals surface area contributed by atoms with Crippen LogP contribution in [0.3, 0.4) is 0 Å². The second-order valence-corrected chi connectivity index (χ2v) is 6.57. The molecule has 0 radical (unpaired) electrons. The number of benzene rings is 2. The molecule has 1 saturated heterocycles. The van der Waals surface area contributed by atoms with Gasteiger partial charge in [-0.1, -0.05) is 60.7 Å². The highest BCUT2D eigenvalue weighted by molar-refractivity contribution is 5.81. The van der Waals surface area contributed by atoms with E-state index in [0.29, 0.717) is 6.54 Å². The Labute approximate surface area is 149 Å². The molecule has 0 bridgehead atoms. The number of hydrogen-bond acceptors (Lipinski definition) is 3. The summed E-state index contributed by atoms with van der Waals surface area (Å²) in [6.07, 6.45) is 1.11. The first-order valence-corrected chi connectivity index (χ1v) is 8.75. The van der Waals surface area contributed by atoms with Crippen LogP contribution in [0.4, 0.5) is 0 Å². The highest BCUT2D eigenvalue weighted by atomic mass is 16.5. The molecule has 0 aromatic heterocycles. The summed E-state index contributed by atoms with van der Waals surface area (Å²) in [4.78, 5) is 14.6. The molecule has 0 spiro atoms. The zero-order valence-electron chi connectivity index (χ0n) is 14.8. The smallest absolute Gasteiger partial charge is 0.251 e. The maximum absolute atomic E-state index is 12.8. The number of amides is 1. The fourth-order valence-electron chi connectivity index (χ4n) is 3.74. The van der Waals surface area contributed by atoms with Gasteiger partial charge in [0.05, 0.1) is 6.04 Å². The van der Waals surface area contributed by atoms with E-state index in [9.17, 15) is 9.90 Å². The Morgan fingerprint density at radius 3 is 2.12 bits per heavy atom. The van der Waals surface area contributed by atoms with Crippen molar-refractivity contribution < 1.29 is 14.6 Å². The van der Waals surface area contributed by atoms with Crippen molar-refractivity contribution in [1.82, 2.24) is 4.90 Å². The minimum Gasteiger partial charge on any atom is -0.378 e. The SMILES string of the molecule is COC(C)C(=O)N1CCC[C@@H]1C(O)(c1ccccc1)c1ccccc1. The van der Waals surface area contributed by atoms with Gasteiger partial charge < -0.3 is 14.7 Å². The van der Waals surface area contributed by atoms with Gasteiger partial charge in [-0.05, 0) is 30.9 Å². The standard InChI is InChI=1S/C21H25NO3/c1-16(25-2)20(23)22-15-9-14-19(22)21(24,17-10-5-3-6-11-17)18-12-7-4-8-13-18/h3-8,10-13,16,19,24H,9,14-15H2,1-2H3/t16?,19-/m1/s1. The van der Waals surface area contributed by atoms with Crippen LogP contribution >= 0.6 is 0 Å². The van der Waals surface area contributed by atoms with Crippen molar-refractivity contribution in [2.75, 3.05) is 13.7 Å². The first-order valence-electron chi connectivity index (χ1n) is 8.75. The summed E-state index contributed by atoms with van der Waals surface area (Å²) < 4.78 is 5.22. The fraction of sp³-hybridized carbons (Fsp3) is 0.381. The normalized spacial score (nSPS) is 19.0. The van der Waals surface area contributed by atoms with Gasteiger partial charge in [-0.2, -0.15) is 0 Å². The molecular formula is C21H25NO3. The van der Waals surface area contributed by atoms with Crippen LogP contribution in [-0.2, 0) is 15.1 Å². The van der Waals surface area contributed by atoms with Crippen LogP contribution in [0.25, 0.3) is 0 Å². The molecule has 2 atom stereocenters. The zero-order valence-corrected chi connectivity index (χ0v) is 14.8. The summed E-state index contributed by atoms with van der Waals surface area (Å²) in [5.74, 6) is -0.0738. The number of methoxy groups -OCH3 is 1. The number of aliphatic hydroxyl groups is 1. The Kier molecular flexibility index (Phi) is 5.21. The lowest BCUT2D eigenvalue weighted by atomic mass is 9.79. The fourth-order valence-corrected chi connectivity index (χ4v) is 3.74. The van der Waals surface area contributed by atoms with Crippen molar-refractivity contribution in [3.8, 4) is 0 Å². The van der Waals surface area contributed by atoms with E-state index in [0.717, 1.165) is 24.0 Å². The maximum Gasteiger partial charge on any atom is 0.251 e. The van der Waals surface area contributed by atoms with Gasteiger partial charge in [0.1, 0.15) is 11.7 Å². The topological polar surface area (TPSA) is 49.8 Å². The summed E-state index contributed by atoms with van der Waals surface area (Å²) in [5, 5.41) is 11.9. The quantitative estimate of drug-likeness (QED) is 0.911. The third-order valence-corrected chi connectivity index (χ3v) is 5.15. The molecule has 2 aromatic carbocycles. The van der Waals surface area contributed by atoms with Gasteiger partial charge in [0, 0.05) is 13.7 Å². The van der Waals surface area contributed by atoms with Gasteiger partial charge >= 0.3 is 0 Å². The van der Waals surface area contributed by atoms with E-state index < -0.39 is 11.7 Å². The molecule has 3 rings (SSSR count). The third kappa shape index (κ3) is 3.20. The molecule has 1 amide bonds. The van der Waals surface area contributed by atoms with Gasteiger partial charge in [-0.15, -0.1) is 0 Å². The molecular weight excluding hydrogens is 314 g/mol. The molecule has 1 fully saturated rings. The van der Waals surface area contributed by atoms with Crippen molar-refractivity contribution in [2.45, 2.75) is 37.5 Å². The van der Waals surface area contributed by atoms with Crippen molar-refractivity contribution >= 4 is 5.91 Å². The van der Waals surface area contributed by atoms with E-state index in [4.69, 9.17) is 4.74 Å². The molecule has 1 heterocycles. The number of ether oxygens (including phenoxy) is 1. The lowest BCUT2D eigenvalue weighted by Gasteiger charge is -2.40. The number of likely N-dealkylation sites (tertiary alicyclic amines) is 1. The molecule has 25 heavy (non-hydrogen) atoms. The molecule has 0 aliphatic carbocycles. The average Bonchev–Trinajstić information content (AvgIpc) is 3.17. The minimum atomic E-state index is -1.25. The summed E-state index contributed by atoms with van der Waals surface area (Å²) >= 11 is 0. The van der Waals surface area contributed by atoms with Crippen LogP contribution < -0.4 is 0 Å². The highest BCUT2D eigenvalue weighted by Gasteiger charge is 2.47. The molecule has 1 aliphatic rings. The molecule has 1 unspecified atom stereocenters. The van der Waals surface area contributed by atoms with E-state index >= 15 is 0 Å². The molecule has 4 heteroatoms. The Balaban J connectivity index is 2.07. The predicted octanol–water partition coefficient (Wildman–Crippen LogP) is 2.95. The van der Waals surface area contributed by atoms with E-state index in [2.05, 4.69) is 0 Å². The zero-order chi connectivity index (χ0) is 17.9. The summed E-state index contributed by atoms with van der Waals surface area (Å²) in [5.41, 5.74) is 0.356. The number of carbonyl (C=O) groups is 1. The second kappa shape index (κ2) is 7.38. The Morgan fingerprint density at radius 2 is 1.64 bits per heavy atom. The number of carbonyl (C=O) groups excluding carboxylic acids is 1. The summed E-state index contributed by atoms with van der Waals surface area (Å²) in [6, 6.07) is 18.9. The van der Waals surface area contributed by atoms with E-state index in [1.165, 1.54) is 7.11 Å². The molecule has 132 valence electrons. The van der Waals surface area contributed by atoms with Crippen molar-refractivity contribution in [3.63, 3.8) is 0 Å². The maximum atomic E-state index is 12.8. The lowest BCUT2D eigenvalue weighted by molar-refractivity contribution is -0.146. The number of hydrogen-bond donors (Lipinski definition) is 1. The Morgan fingerprint density at radius 1 is 1.12 bits per heavy atom. The van der Waals surface area contributed by atoms with Gasteiger partial charge in [0.2, 0.25) is 0 Å². The average molecular weight is 339 g/mol. The lowest BCUT2D eigenvalue weighted by Crippen LogP contribution is -2.52. The van der Waals surface area contributed by atoms with Gasteiger partial charge in [-0.25, -0.2) is 0 Å². The van der Waals surface area contributed by atoms with E-state index in [-0.39, 0.29) is 11.9 Å². The third-order valence-electron chi connectivity index (χ3n) is 5.15.